The molecule has 0 saturated carbocycles. The van der Waals surface area contributed by atoms with Gasteiger partial charge >= 0.3 is 0 Å². The lowest BCUT2D eigenvalue weighted by Gasteiger charge is -2.22. The predicted molar refractivity (Wildman–Crippen MR) is 89.2 cm³/mol. The number of rotatable bonds is 4. The summed E-state index contributed by atoms with van der Waals surface area (Å²) in [7, 11) is 3.19. The van der Waals surface area contributed by atoms with Gasteiger partial charge in [0, 0.05) is 23.7 Å². The number of likely N-dealkylation sites (tertiary alicyclic amines) is 1. The van der Waals surface area contributed by atoms with Crippen LogP contribution in [0.5, 0.6) is 11.5 Å². The van der Waals surface area contributed by atoms with E-state index in [4.69, 9.17) is 15.2 Å². The summed E-state index contributed by atoms with van der Waals surface area (Å²) >= 11 is 0. The molecule has 0 spiro atoms. The normalized spacial score (nSPS) is 20.5. The molecular formula is C16H25ClN2O3. The molecule has 0 radical (unpaired) electrons. The van der Waals surface area contributed by atoms with E-state index < -0.39 is 0 Å². The summed E-state index contributed by atoms with van der Waals surface area (Å²) < 4.78 is 10.7. The van der Waals surface area contributed by atoms with E-state index in [1.54, 1.807) is 26.4 Å². The van der Waals surface area contributed by atoms with Crippen LogP contribution < -0.4 is 15.2 Å². The molecule has 1 aromatic rings. The topological polar surface area (TPSA) is 64.8 Å². The summed E-state index contributed by atoms with van der Waals surface area (Å²) in [4.78, 5) is 14.6. The highest BCUT2D eigenvalue weighted by molar-refractivity contribution is 5.95. The van der Waals surface area contributed by atoms with E-state index in [1.807, 2.05) is 11.8 Å². The van der Waals surface area contributed by atoms with E-state index in [0.717, 1.165) is 18.5 Å². The number of amides is 1. The fourth-order valence-corrected chi connectivity index (χ4v) is 2.97. The number of carbonyl (C=O) groups is 1. The third-order valence-corrected chi connectivity index (χ3v) is 4.25. The molecule has 1 fully saturated rings. The number of nitrogens with two attached hydrogens (primary N) is 1. The first-order valence-corrected chi connectivity index (χ1v) is 7.25. The van der Waals surface area contributed by atoms with Crippen molar-refractivity contribution in [2.24, 2.45) is 11.7 Å². The molecule has 1 heterocycles. The average Bonchev–Trinajstić information content (AvgIpc) is 2.87. The van der Waals surface area contributed by atoms with Crippen LogP contribution in [0.25, 0.3) is 0 Å². The maximum absolute atomic E-state index is 12.7. The Morgan fingerprint density at radius 2 is 1.86 bits per heavy atom. The molecule has 1 aliphatic heterocycles. The van der Waals surface area contributed by atoms with E-state index in [2.05, 4.69) is 6.92 Å². The second-order valence-corrected chi connectivity index (χ2v) is 5.65. The lowest BCUT2D eigenvalue weighted by Crippen LogP contribution is -2.34. The highest BCUT2D eigenvalue weighted by Gasteiger charge is 2.32. The monoisotopic (exact) mass is 328 g/mol. The average molecular weight is 329 g/mol. The predicted octanol–water partition coefficient (Wildman–Crippen LogP) is 2.24. The van der Waals surface area contributed by atoms with E-state index in [1.165, 1.54) is 0 Å². The highest BCUT2D eigenvalue weighted by Crippen LogP contribution is 2.31. The molecule has 22 heavy (non-hydrogen) atoms. The summed E-state index contributed by atoms with van der Waals surface area (Å²) in [5.41, 5.74) is 7.22. The molecule has 0 bridgehead atoms. The van der Waals surface area contributed by atoms with Gasteiger partial charge in [0.05, 0.1) is 14.2 Å². The summed E-state index contributed by atoms with van der Waals surface area (Å²) in [5, 5.41) is 0. The Morgan fingerprint density at radius 3 is 2.27 bits per heavy atom. The third kappa shape index (κ3) is 3.47. The zero-order valence-electron chi connectivity index (χ0n) is 13.6. The molecule has 1 aromatic carbocycles. The Kier molecular flexibility index (Phi) is 6.50. The Balaban J connectivity index is 0.00000242. The van der Waals surface area contributed by atoms with Crippen LogP contribution in [0.15, 0.2) is 12.1 Å². The molecular weight excluding hydrogens is 304 g/mol. The molecule has 2 rings (SSSR count). The van der Waals surface area contributed by atoms with E-state index in [0.29, 0.717) is 29.5 Å². The Hall–Kier alpha value is -1.46. The first-order valence-electron chi connectivity index (χ1n) is 7.25. The molecule has 1 saturated heterocycles. The quantitative estimate of drug-likeness (QED) is 0.920. The summed E-state index contributed by atoms with van der Waals surface area (Å²) in [6.45, 7) is 5.31. The van der Waals surface area contributed by atoms with Crippen molar-refractivity contribution in [3.8, 4) is 11.5 Å². The second kappa shape index (κ2) is 7.70. The maximum Gasteiger partial charge on any atom is 0.254 e. The highest BCUT2D eigenvalue weighted by atomic mass is 35.5. The first kappa shape index (κ1) is 18.6. The number of ether oxygens (including phenoxy) is 2. The van der Waals surface area contributed by atoms with Crippen molar-refractivity contribution in [1.82, 2.24) is 4.90 Å². The van der Waals surface area contributed by atoms with Crippen molar-refractivity contribution in [3.05, 3.63) is 23.3 Å². The Bertz CT molecular complexity index is 511. The number of benzene rings is 1. The van der Waals surface area contributed by atoms with Gasteiger partial charge in [-0.1, -0.05) is 0 Å². The molecule has 0 aromatic heterocycles. The van der Waals surface area contributed by atoms with Gasteiger partial charge in [-0.2, -0.15) is 0 Å². The standard InChI is InChI=1S/C16H24N2O3.ClH/c1-10-5-12(8-17)9-18(10)16(19)13-6-14(20-3)11(2)15(7-13)21-4;/h6-7,10,12H,5,8-9,17H2,1-4H3;1H. The first-order chi connectivity index (χ1) is 10.0. The molecule has 2 N–H and O–H groups in total. The van der Waals surface area contributed by atoms with Crippen molar-refractivity contribution in [2.75, 3.05) is 27.3 Å². The largest absolute Gasteiger partial charge is 0.496 e. The Morgan fingerprint density at radius 1 is 1.32 bits per heavy atom. The van der Waals surface area contributed by atoms with Crippen LogP contribution in [0.1, 0.15) is 29.3 Å². The van der Waals surface area contributed by atoms with Gasteiger partial charge in [-0.25, -0.2) is 0 Å². The number of nitrogens with zero attached hydrogens (tertiary/aromatic N) is 1. The molecule has 6 heteroatoms. The molecule has 2 atom stereocenters. The van der Waals surface area contributed by atoms with Crippen LogP contribution in [0.2, 0.25) is 0 Å². The molecule has 0 aliphatic carbocycles. The van der Waals surface area contributed by atoms with Crippen LogP contribution in [-0.4, -0.2) is 44.2 Å². The minimum Gasteiger partial charge on any atom is -0.496 e. The fourth-order valence-electron chi connectivity index (χ4n) is 2.97. The van der Waals surface area contributed by atoms with Crippen LogP contribution >= 0.6 is 12.4 Å². The minimum atomic E-state index is 0. The summed E-state index contributed by atoms with van der Waals surface area (Å²) in [6.07, 6.45) is 0.961. The van der Waals surface area contributed by atoms with Crippen LogP contribution in [-0.2, 0) is 0 Å². The smallest absolute Gasteiger partial charge is 0.254 e. The molecule has 2 unspecified atom stereocenters. The van der Waals surface area contributed by atoms with Crippen molar-refractivity contribution in [1.29, 1.82) is 0 Å². The maximum atomic E-state index is 12.7. The fraction of sp³-hybridized carbons (Fsp3) is 0.562. The summed E-state index contributed by atoms with van der Waals surface area (Å²) in [6, 6.07) is 3.77. The van der Waals surface area contributed by atoms with Crippen molar-refractivity contribution in [3.63, 3.8) is 0 Å². The van der Waals surface area contributed by atoms with Crippen LogP contribution in [0.4, 0.5) is 0 Å². The lowest BCUT2D eigenvalue weighted by molar-refractivity contribution is 0.0742. The van der Waals surface area contributed by atoms with E-state index >= 15 is 0 Å². The van der Waals surface area contributed by atoms with Gasteiger partial charge in [0.25, 0.3) is 5.91 Å². The SMILES string of the molecule is COc1cc(C(=O)N2CC(CN)CC2C)cc(OC)c1C.Cl. The number of methoxy groups -OCH3 is 2. The van der Waals surface area contributed by atoms with Gasteiger partial charge < -0.3 is 20.1 Å². The molecule has 124 valence electrons. The zero-order valence-corrected chi connectivity index (χ0v) is 14.4. The number of halogens is 1. The third-order valence-electron chi connectivity index (χ3n) is 4.25. The van der Waals surface area contributed by atoms with E-state index in [-0.39, 0.29) is 24.4 Å². The van der Waals surface area contributed by atoms with Gasteiger partial charge in [0.1, 0.15) is 11.5 Å². The Labute approximate surface area is 138 Å². The van der Waals surface area contributed by atoms with Crippen LogP contribution in [0, 0.1) is 12.8 Å². The molecule has 1 amide bonds. The van der Waals surface area contributed by atoms with Crippen molar-refractivity contribution < 1.29 is 14.3 Å². The molecule has 5 nitrogen and oxygen atoms in total. The van der Waals surface area contributed by atoms with Gasteiger partial charge in [-0.05, 0) is 44.9 Å². The lowest BCUT2D eigenvalue weighted by atomic mass is 10.1. The van der Waals surface area contributed by atoms with E-state index in [9.17, 15) is 4.79 Å². The van der Waals surface area contributed by atoms with Gasteiger partial charge in [0.15, 0.2) is 0 Å². The number of carbonyl (C=O) groups excluding carboxylic acids is 1. The second-order valence-electron chi connectivity index (χ2n) is 5.65. The van der Waals surface area contributed by atoms with Gasteiger partial charge in [-0.15, -0.1) is 12.4 Å². The number of hydrogen-bond donors (Lipinski definition) is 1. The summed E-state index contributed by atoms with van der Waals surface area (Å²) in [5.74, 6) is 1.73. The molecule has 1 aliphatic rings. The van der Waals surface area contributed by atoms with Crippen molar-refractivity contribution >= 4 is 18.3 Å². The van der Waals surface area contributed by atoms with Gasteiger partial charge in [0.2, 0.25) is 0 Å². The van der Waals surface area contributed by atoms with Crippen LogP contribution in [0.3, 0.4) is 0 Å². The number of hydrogen-bond acceptors (Lipinski definition) is 4. The zero-order chi connectivity index (χ0) is 15.6. The van der Waals surface area contributed by atoms with Crippen molar-refractivity contribution in [2.45, 2.75) is 26.3 Å². The minimum absolute atomic E-state index is 0. The van der Waals surface area contributed by atoms with Gasteiger partial charge in [-0.3, -0.25) is 4.79 Å².